The Morgan fingerprint density at radius 2 is 1.70 bits per heavy atom. The summed E-state index contributed by atoms with van der Waals surface area (Å²) in [6.45, 7) is 12.0. The molecule has 0 saturated carbocycles. The van der Waals surface area contributed by atoms with Gasteiger partial charge in [0, 0.05) is 44.1 Å². The molecule has 2 unspecified atom stereocenters. The minimum Gasteiger partial charge on any atom is -0.392 e. The zero-order valence-electron chi connectivity index (χ0n) is 21.1. The largest absolute Gasteiger partial charge is 0.392 e. The summed E-state index contributed by atoms with van der Waals surface area (Å²) in [7, 11) is -3.61. The van der Waals surface area contributed by atoms with Gasteiger partial charge in [0.15, 0.2) is 9.84 Å². The molecule has 1 aliphatic rings. The number of benzene rings is 1. The fourth-order valence-corrected chi connectivity index (χ4v) is 7.09. The first kappa shape index (κ1) is 30.8. The summed E-state index contributed by atoms with van der Waals surface area (Å²) >= 11 is 0. The van der Waals surface area contributed by atoms with E-state index in [4.69, 9.17) is 5.11 Å². The molecule has 0 amide bonds. The number of sulfone groups is 1. The van der Waals surface area contributed by atoms with Gasteiger partial charge in [-0.3, -0.25) is 0 Å². The van der Waals surface area contributed by atoms with Crippen molar-refractivity contribution in [2.75, 3.05) is 6.61 Å². The van der Waals surface area contributed by atoms with E-state index >= 15 is 0 Å². The van der Waals surface area contributed by atoms with Crippen LogP contribution in [0, 0.1) is 56.4 Å². The molecule has 2 atom stereocenters. The molecule has 4 nitrogen and oxygen atoms in total. The smallest absolute Gasteiger partial charge is 0.185 e. The van der Waals surface area contributed by atoms with Crippen LogP contribution in [0.15, 0.2) is 63.6 Å². The number of rotatable bonds is 9. The number of hydrogen-bond donors (Lipinski definition) is 2. The van der Waals surface area contributed by atoms with Crippen LogP contribution < -0.4 is 0 Å². The Labute approximate surface area is 236 Å². The molecule has 1 aliphatic carbocycles. The molecule has 0 fully saturated rings. The van der Waals surface area contributed by atoms with Gasteiger partial charge in [0.05, 0.1) is 22.9 Å². The van der Waals surface area contributed by atoms with Crippen molar-refractivity contribution in [2.24, 2.45) is 5.41 Å². The number of aliphatic hydroxyl groups is 2. The predicted molar refractivity (Wildman–Crippen MR) is 132 cm³/mol. The summed E-state index contributed by atoms with van der Waals surface area (Å²) in [5.41, 5.74) is 4.81. The van der Waals surface area contributed by atoms with Gasteiger partial charge in [-0.05, 0) is 82.9 Å². The Balaban J connectivity index is 0.00000544. The Bertz CT molecular complexity index is 985. The molecule has 181 valence electrons. The number of allylic oxidation sites excluding steroid dienone is 2. The molecular weight excluding hydrogens is 647 g/mol. The van der Waals surface area contributed by atoms with E-state index in [1.807, 2.05) is 32.9 Å². The molecule has 0 aromatic heterocycles. The van der Waals surface area contributed by atoms with E-state index in [1.54, 1.807) is 24.3 Å². The maximum Gasteiger partial charge on any atom is 0.185 e. The molecule has 0 bridgehead atoms. The van der Waals surface area contributed by atoms with Crippen molar-refractivity contribution < 1.29 is 62.7 Å². The van der Waals surface area contributed by atoms with Gasteiger partial charge in [-0.15, -0.1) is 0 Å². The van der Waals surface area contributed by atoms with Crippen LogP contribution >= 0.6 is 0 Å². The van der Waals surface area contributed by atoms with E-state index in [-0.39, 0.29) is 56.1 Å². The maximum absolute atomic E-state index is 13.9. The minimum absolute atomic E-state index is 0. The molecule has 0 aliphatic heterocycles. The first-order chi connectivity index (χ1) is 14.9. The van der Waals surface area contributed by atoms with Crippen molar-refractivity contribution in [1.82, 2.24) is 0 Å². The minimum atomic E-state index is -3.61. The molecule has 1 aromatic carbocycles. The second-order valence-corrected chi connectivity index (χ2v) is 12.1. The maximum atomic E-state index is 13.9. The van der Waals surface area contributed by atoms with Gasteiger partial charge in [-0.1, -0.05) is 60.4 Å². The molecule has 0 heterocycles. The zero-order chi connectivity index (χ0) is 24.1. The molecular formula is C27H40AcO4S. The molecule has 0 saturated heterocycles. The number of hydrogen-bond acceptors (Lipinski definition) is 4. The summed E-state index contributed by atoms with van der Waals surface area (Å²) < 4.78 is 27.8. The zero-order valence-corrected chi connectivity index (χ0v) is 26.6. The Kier molecular flexibility index (Phi) is 12.3. The monoisotopic (exact) mass is 687 g/mol. The van der Waals surface area contributed by atoms with E-state index in [2.05, 4.69) is 20.8 Å². The van der Waals surface area contributed by atoms with Crippen molar-refractivity contribution in [3.05, 3.63) is 64.3 Å². The average Bonchev–Trinajstić information content (AvgIpc) is 2.66. The van der Waals surface area contributed by atoms with Gasteiger partial charge in [0.1, 0.15) is 0 Å². The van der Waals surface area contributed by atoms with Crippen molar-refractivity contribution in [3.63, 3.8) is 0 Å². The quantitative estimate of drug-likeness (QED) is 0.328. The third-order valence-corrected chi connectivity index (χ3v) is 8.62. The van der Waals surface area contributed by atoms with E-state index in [1.165, 1.54) is 5.57 Å². The predicted octanol–water partition coefficient (Wildman–Crippen LogP) is 5.69. The van der Waals surface area contributed by atoms with Gasteiger partial charge in [0.25, 0.3) is 0 Å². The molecule has 0 spiro atoms. The molecule has 6 heteroatoms. The van der Waals surface area contributed by atoms with E-state index < -0.39 is 21.2 Å². The first-order valence-electron chi connectivity index (χ1n) is 11.5. The SMILES string of the molecule is CC1=C(C(C/C(C)=C/C(O)C/C(C)=C/CO)S(=O)(=O)c2ccc(C)cc2)C(C)(C)CCC1.[Ac]. The van der Waals surface area contributed by atoms with Crippen molar-refractivity contribution in [2.45, 2.75) is 89.9 Å². The van der Waals surface area contributed by atoms with Crippen LogP contribution in [0.2, 0.25) is 0 Å². The van der Waals surface area contributed by atoms with Gasteiger partial charge in [-0.2, -0.15) is 0 Å². The van der Waals surface area contributed by atoms with Crippen LogP contribution in [0.25, 0.3) is 0 Å². The van der Waals surface area contributed by atoms with Crippen LogP contribution in [0.5, 0.6) is 0 Å². The van der Waals surface area contributed by atoms with Crippen molar-refractivity contribution in [3.8, 4) is 0 Å². The van der Waals surface area contributed by atoms with Crippen LogP contribution in [0.3, 0.4) is 0 Å². The summed E-state index contributed by atoms with van der Waals surface area (Å²) in [6, 6.07) is 7.11. The number of aliphatic hydroxyl groups excluding tert-OH is 2. The van der Waals surface area contributed by atoms with Crippen molar-refractivity contribution in [1.29, 1.82) is 0 Å². The number of aryl methyl sites for hydroxylation is 1. The first-order valence-corrected chi connectivity index (χ1v) is 13.1. The topological polar surface area (TPSA) is 74.6 Å². The normalized spacial score (nSPS) is 19.2. The molecule has 2 rings (SSSR count). The third kappa shape index (κ3) is 8.43. The van der Waals surface area contributed by atoms with E-state index in [9.17, 15) is 13.5 Å². The fourth-order valence-electron chi connectivity index (χ4n) is 4.93. The fraction of sp³-hybridized carbons (Fsp3) is 0.556. The standard InChI is InChI=1S/C27H40O4S.Ac/c1-19-9-11-24(12-10-19)32(30,31)25(26-22(4)8-7-14-27(26,5)6)18-21(3)17-23(29)16-20(2)13-15-28;/h9-13,17,23,25,28-29H,7-8,14-16,18H2,1-6H3;/b20-13+,21-17+;. The van der Waals surface area contributed by atoms with Gasteiger partial charge in [0.2, 0.25) is 0 Å². The second kappa shape index (κ2) is 13.2. The Morgan fingerprint density at radius 1 is 1.09 bits per heavy atom. The van der Waals surface area contributed by atoms with E-state index in [0.717, 1.165) is 41.5 Å². The molecule has 33 heavy (non-hydrogen) atoms. The third-order valence-electron chi connectivity index (χ3n) is 6.54. The molecule has 1 radical (unpaired) electrons. The van der Waals surface area contributed by atoms with Crippen LogP contribution in [-0.4, -0.2) is 36.6 Å². The van der Waals surface area contributed by atoms with Gasteiger partial charge < -0.3 is 10.2 Å². The van der Waals surface area contributed by atoms with Gasteiger partial charge >= 0.3 is 0 Å². The summed E-state index contributed by atoms with van der Waals surface area (Å²) in [4.78, 5) is 0.352. The van der Waals surface area contributed by atoms with Crippen LogP contribution in [0.1, 0.15) is 72.3 Å². The molecule has 2 N–H and O–H groups in total. The van der Waals surface area contributed by atoms with Crippen LogP contribution in [-0.2, 0) is 9.84 Å². The summed E-state index contributed by atoms with van der Waals surface area (Å²) in [6.07, 6.45) is 6.46. The van der Waals surface area contributed by atoms with Gasteiger partial charge in [-0.25, -0.2) is 8.42 Å². The second-order valence-electron chi connectivity index (χ2n) is 10.00. The Morgan fingerprint density at radius 3 is 2.24 bits per heavy atom. The Hall–Kier alpha value is -0.248. The van der Waals surface area contributed by atoms with E-state index in [0.29, 0.717) is 17.7 Å². The summed E-state index contributed by atoms with van der Waals surface area (Å²) in [5, 5.41) is 18.9. The molecule has 1 aromatic rings. The summed E-state index contributed by atoms with van der Waals surface area (Å²) in [5.74, 6) is 0. The van der Waals surface area contributed by atoms with Crippen LogP contribution in [0.4, 0.5) is 0 Å². The average molecular weight is 688 g/mol. The van der Waals surface area contributed by atoms with Crippen molar-refractivity contribution >= 4 is 9.84 Å².